The van der Waals surface area contributed by atoms with Crippen molar-refractivity contribution in [2.24, 2.45) is 0 Å². The number of hydrogen-bond donors (Lipinski definition) is 6. The lowest BCUT2D eigenvalue weighted by Gasteiger charge is -1.85. The van der Waals surface area contributed by atoms with E-state index in [-0.39, 0.29) is 12.8 Å². The maximum atomic E-state index is 9.64. The maximum absolute atomic E-state index is 9.64. The van der Waals surface area contributed by atoms with Crippen molar-refractivity contribution in [1.29, 1.82) is 0 Å². The predicted octanol–water partition coefficient (Wildman–Crippen LogP) is -0.0294. The summed E-state index contributed by atoms with van der Waals surface area (Å²) in [4.78, 5) is 19.3. The zero-order valence-corrected chi connectivity index (χ0v) is 5.91. The van der Waals surface area contributed by atoms with E-state index in [0.717, 1.165) is 0 Å². The summed E-state index contributed by atoms with van der Waals surface area (Å²) in [5.74, 6) is -2.15. The SMILES string of the molecule is O=C(O)CCC(=O)O.OO.OO. The van der Waals surface area contributed by atoms with Gasteiger partial charge in [0, 0.05) is 0 Å². The number of carboxylic acid groups (broad SMARTS) is 2. The van der Waals surface area contributed by atoms with Crippen LogP contribution in [0.4, 0.5) is 0 Å². The van der Waals surface area contributed by atoms with Gasteiger partial charge in [-0.2, -0.15) is 0 Å². The van der Waals surface area contributed by atoms with E-state index >= 15 is 0 Å². The van der Waals surface area contributed by atoms with E-state index in [9.17, 15) is 9.59 Å². The van der Waals surface area contributed by atoms with E-state index in [1.165, 1.54) is 0 Å². The molecule has 0 saturated carbocycles. The molecule has 0 aromatic heterocycles. The third kappa shape index (κ3) is 37.2. The molecule has 0 aromatic rings. The van der Waals surface area contributed by atoms with Crippen LogP contribution in [0.1, 0.15) is 12.8 Å². The van der Waals surface area contributed by atoms with E-state index in [1.807, 2.05) is 0 Å². The third-order valence-corrected chi connectivity index (χ3v) is 0.553. The van der Waals surface area contributed by atoms with Crippen molar-refractivity contribution < 1.29 is 40.8 Å². The predicted molar refractivity (Wildman–Crippen MR) is 35.0 cm³/mol. The van der Waals surface area contributed by atoms with Gasteiger partial charge in [0.05, 0.1) is 12.8 Å². The largest absolute Gasteiger partial charge is 0.481 e. The summed E-state index contributed by atoms with van der Waals surface area (Å²) in [6, 6.07) is 0. The number of carbonyl (C=O) groups is 2. The van der Waals surface area contributed by atoms with Crippen molar-refractivity contribution in [3.8, 4) is 0 Å². The van der Waals surface area contributed by atoms with Gasteiger partial charge in [-0.15, -0.1) is 0 Å². The first-order valence-corrected chi connectivity index (χ1v) is 2.46. The van der Waals surface area contributed by atoms with Crippen molar-refractivity contribution in [1.82, 2.24) is 0 Å². The molecule has 0 radical (unpaired) electrons. The van der Waals surface area contributed by atoms with Crippen LogP contribution in [0.5, 0.6) is 0 Å². The minimum Gasteiger partial charge on any atom is -0.481 e. The number of aliphatic carboxylic acids is 2. The summed E-state index contributed by atoms with van der Waals surface area (Å²) in [5, 5.41) is 39.8. The van der Waals surface area contributed by atoms with Crippen molar-refractivity contribution in [3.63, 3.8) is 0 Å². The number of carboxylic acids is 2. The van der Waals surface area contributed by atoms with Gasteiger partial charge >= 0.3 is 11.9 Å². The van der Waals surface area contributed by atoms with Crippen LogP contribution >= 0.6 is 0 Å². The van der Waals surface area contributed by atoms with Crippen LogP contribution in [-0.4, -0.2) is 43.2 Å². The smallest absolute Gasteiger partial charge is 0.303 e. The molecule has 74 valence electrons. The quantitative estimate of drug-likeness (QED) is 0.265. The Bertz CT molecular complexity index is 95.6. The summed E-state index contributed by atoms with van der Waals surface area (Å²) >= 11 is 0. The molecule has 6 N–H and O–H groups in total. The standard InChI is InChI=1S/C4H6O4.2H2O2/c5-3(6)1-2-4(7)8;2*1-2/h1-2H2,(H,5,6)(H,7,8);2*1-2H. The molecule has 0 fully saturated rings. The minimum atomic E-state index is -1.08. The van der Waals surface area contributed by atoms with Crippen LogP contribution in [0, 0.1) is 0 Å². The van der Waals surface area contributed by atoms with Crippen molar-refractivity contribution >= 4 is 11.9 Å². The molecule has 0 bridgehead atoms. The summed E-state index contributed by atoms with van der Waals surface area (Å²) < 4.78 is 0. The Labute approximate surface area is 66.8 Å². The Balaban J connectivity index is -0.000000175. The summed E-state index contributed by atoms with van der Waals surface area (Å²) in [6.07, 6.45) is -0.593. The normalized spacial score (nSPS) is 6.67. The molecule has 0 aliphatic rings. The van der Waals surface area contributed by atoms with E-state index in [0.29, 0.717) is 0 Å². The monoisotopic (exact) mass is 186 g/mol. The Morgan fingerprint density at radius 1 is 0.750 bits per heavy atom. The van der Waals surface area contributed by atoms with Gasteiger partial charge in [0.15, 0.2) is 0 Å². The zero-order chi connectivity index (χ0) is 10.6. The van der Waals surface area contributed by atoms with Crippen LogP contribution < -0.4 is 0 Å². The molecular formula is C4H10O8. The molecule has 0 aromatic carbocycles. The molecule has 8 heteroatoms. The second kappa shape index (κ2) is 16.4. The molecule has 0 unspecified atom stereocenters. The van der Waals surface area contributed by atoms with Crippen molar-refractivity contribution in [3.05, 3.63) is 0 Å². The highest BCUT2D eigenvalue weighted by molar-refractivity contribution is 5.75. The van der Waals surface area contributed by atoms with Gasteiger partial charge in [-0.25, -0.2) is 0 Å². The van der Waals surface area contributed by atoms with Crippen LogP contribution in [0.25, 0.3) is 0 Å². The molecule has 12 heavy (non-hydrogen) atoms. The van der Waals surface area contributed by atoms with Gasteiger partial charge in [0.1, 0.15) is 0 Å². The zero-order valence-electron chi connectivity index (χ0n) is 5.91. The van der Waals surface area contributed by atoms with E-state index in [1.54, 1.807) is 0 Å². The molecule has 0 atom stereocenters. The molecular weight excluding hydrogens is 176 g/mol. The van der Waals surface area contributed by atoms with E-state index < -0.39 is 11.9 Å². The first-order valence-electron chi connectivity index (χ1n) is 2.46. The fraction of sp³-hybridized carbons (Fsp3) is 0.500. The summed E-state index contributed by atoms with van der Waals surface area (Å²) in [7, 11) is 0. The van der Waals surface area contributed by atoms with Crippen LogP contribution in [0.3, 0.4) is 0 Å². The first kappa shape index (κ1) is 17.0. The molecule has 0 spiro atoms. The average molecular weight is 186 g/mol. The fourth-order valence-corrected chi connectivity index (χ4v) is 0.214. The first-order chi connectivity index (χ1) is 5.63. The van der Waals surface area contributed by atoms with Gasteiger partial charge in [-0.3, -0.25) is 30.6 Å². The summed E-state index contributed by atoms with van der Waals surface area (Å²) in [6.45, 7) is 0. The van der Waals surface area contributed by atoms with E-state index in [4.69, 9.17) is 31.2 Å². The number of hydrogen-bond acceptors (Lipinski definition) is 6. The lowest BCUT2D eigenvalue weighted by molar-refractivity contribution is -0.176. The van der Waals surface area contributed by atoms with Gasteiger partial charge in [0.2, 0.25) is 0 Å². The lowest BCUT2D eigenvalue weighted by Crippen LogP contribution is -2.00. The molecule has 8 nitrogen and oxygen atoms in total. The van der Waals surface area contributed by atoms with Crippen molar-refractivity contribution in [2.45, 2.75) is 12.8 Å². The number of rotatable bonds is 3. The topological polar surface area (TPSA) is 156 Å². The molecule has 0 aliphatic carbocycles. The fourth-order valence-electron chi connectivity index (χ4n) is 0.214. The molecule has 0 aliphatic heterocycles. The van der Waals surface area contributed by atoms with Gasteiger partial charge in [0.25, 0.3) is 0 Å². The molecule has 0 heterocycles. The van der Waals surface area contributed by atoms with E-state index in [2.05, 4.69) is 0 Å². The molecule has 0 saturated heterocycles. The third-order valence-electron chi connectivity index (χ3n) is 0.553. The van der Waals surface area contributed by atoms with Crippen LogP contribution in [0.15, 0.2) is 0 Å². The molecule has 0 amide bonds. The second-order valence-electron chi connectivity index (χ2n) is 1.29. The van der Waals surface area contributed by atoms with Gasteiger partial charge < -0.3 is 10.2 Å². The van der Waals surface area contributed by atoms with Crippen LogP contribution in [0.2, 0.25) is 0 Å². The molecule has 0 rings (SSSR count). The Hall–Kier alpha value is -1.22. The highest BCUT2D eigenvalue weighted by Gasteiger charge is 2.00. The second-order valence-corrected chi connectivity index (χ2v) is 1.29. The highest BCUT2D eigenvalue weighted by Crippen LogP contribution is 1.85. The van der Waals surface area contributed by atoms with Crippen LogP contribution in [-0.2, 0) is 9.59 Å². The summed E-state index contributed by atoms with van der Waals surface area (Å²) in [5.41, 5.74) is 0. The van der Waals surface area contributed by atoms with Gasteiger partial charge in [-0.1, -0.05) is 0 Å². The Kier molecular flexibility index (Phi) is 23.3. The average Bonchev–Trinajstić information content (AvgIpc) is 2.08. The Morgan fingerprint density at radius 3 is 1.00 bits per heavy atom. The van der Waals surface area contributed by atoms with Gasteiger partial charge in [-0.05, 0) is 0 Å². The lowest BCUT2D eigenvalue weighted by atomic mass is 10.3. The van der Waals surface area contributed by atoms with Crippen molar-refractivity contribution in [2.75, 3.05) is 0 Å². The minimum absolute atomic E-state index is 0.296. The highest BCUT2D eigenvalue weighted by atomic mass is 17.0. The maximum Gasteiger partial charge on any atom is 0.303 e. The Morgan fingerprint density at radius 2 is 0.917 bits per heavy atom.